The lowest BCUT2D eigenvalue weighted by molar-refractivity contribution is 0.538. The van der Waals surface area contributed by atoms with Crippen LogP contribution in [-0.2, 0) is 0 Å². The van der Waals surface area contributed by atoms with Crippen LogP contribution in [0, 0.1) is 5.82 Å². The first-order valence-electron chi connectivity index (χ1n) is 7.49. The summed E-state index contributed by atoms with van der Waals surface area (Å²) in [4.78, 5) is 2.04. The standard InChI is InChI=1S/C18H23FN2/c1-4-17(20-5-2)16-11-6-7-12-18(16)21(3)15-10-8-9-14(19)13-15/h6-13,17,20H,4-5H2,1-3H3. The van der Waals surface area contributed by atoms with Gasteiger partial charge in [-0.15, -0.1) is 0 Å². The van der Waals surface area contributed by atoms with Crippen molar-refractivity contribution in [1.29, 1.82) is 0 Å². The summed E-state index contributed by atoms with van der Waals surface area (Å²) >= 11 is 0. The van der Waals surface area contributed by atoms with Crippen LogP contribution in [0.4, 0.5) is 15.8 Å². The van der Waals surface area contributed by atoms with Gasteiger partial charge in [-0.1, -0.05) is 38.1 Å². The van der Waals surface area contributed by atoms with Crippen LogP contribution in [0.25, 0.3) is 0 Å². The predicted molar refractivity (Wildman–Crippen MR) is 87.6 cm³/mol. The van der Waals surface area contributed by atoms with Crippen LogP contribution in [0.2, 0.25) is 0 Å². The SMILES string of the molecule is CCNC(CC)c1ccccc1N(C)c1cccc(F)c1. The Morgan fingerprint density at radius 3 is 2.52 bits per heavy atom. The van der Waals surface area contributed by atoms with Crippen LogP contribution in [0.1, 0.15) is 31.9 Å². The lowest BCUT2D eigenvalue weighted by Crippen LogP contribution is -2.23. The van der Waals surface area contributed by atoms with Gasteiger partial charge in [0.15, 0.2) is 0 Å². The minimum atomic E-state index is -0.212. The Bertz CT molecular complexity index is 583. The van der Waals surface area contributed by atoms with Crippen molar-refractivity contribution in [3.63, 3.8) is 0 Å². The third-order valence-corrected chi connectivity index (χ3v) is 3.73. The molecule has 21 heavy (non-hydrogen) atoms. The molecule has 0 aromatic heterocycles. The number of rotatable bonds is 6. The molecule has 0 radical (unpaired) electrons. The molecule has 3 heteroatoms. The summed E-state index contributed by atoms with van der Waals surface area (Å²) in [6, 6.07) is 15.3. The smallest absolute Gasteiger partial charge is 0.125 e. The molecule has 0 fully saturated rings. The van der Waals surface area contributed by atoms with Gasteiger partial charge in [-0.25, -0.2) is 4.39 Å². The lowest BCUT2D eigenvalue weighted by atomic mass is 10.0. The maximum atomic E-state index is 13.5. The van der Waals surface area contributed by atoms with Crippen LogP contribution in [0.5, 0.6) is 0 Å². The monoisotopic (exact) mass is 286 g/mol. The summed E-state index contributed by atoms with van der Waals surface area (Å²) in [5.41, 5.74) is 3.21. The minimum Gasteiger partial charge on any atom is -0.344 e. The van der Waals surface area contributed by atoms with Crippen molar-refractivity contribution in [3.8, 4) is 0 Å². The number of anilines is 2. The number of hydrogen-bond acceptors (Lipinski definition) is 2. The zero-order chi connectivity index (χ0) is 15.2. The van der Waals surface area contributed by atoms with Crippen molar-refractivity contribution >= 4 is 11.4 Å². The fourth-order valence-corrected chi connectivity index (χ4v) is 2.63. The predicted octanol–water partition coefficient (Wildman–Crippen LogP) is 4.65. The molecule has 2 nitrogen and oxygen atoms in total. The Morgan fingerprint density at radius 2 is 1.86 bits per heavy atom. The molecule has 0 bridgehead atoms. The highest BCUT2D eigenvalue weighted by Gasteiger charge is 2.15. The number of benzene rings is 2. The highest BCUT2D eigenvalue weighted by molar-refractivity contribution is 5.66. The third-order valence-electron chi connectivity index (χ3n) is 3.73. The van der Waals surface area contributed by atoms with Crippen LogP contribution >= 0.6 is 0 Å². The number of hydrogen-bond donors (Lipinski definition) is 1. The fourth-order valence-electron chi connectivity index (χ4n) is 2.63. The Labute approximate surface area is 126 Å². The second-order valence-electron chi connectivity index (χ2n) is 5.12. The largest absolute Gasteiger partial charge is 0.344 e. The number of nitrogens with one attached hydrogen (secondary N) is 1. The molecule has 1 unspecified atom stereocenters. The zero-order valence-corrected chi connectivity index (χ0v) is 12.9. The minimum absolute atomic E-state index is 0.212. The Balaban J connectivity index is 2.39. The molecular formula is C18H23FN2. The molecule has 0 aliphatic heterocycles. The maximum absolute atomic E-state index is 13.5. The van der Waals surface area contributed by atoms with Gasteiger partial charge < -0.3 is 10.2 Å². The summed E-state index contributed by atoms with van der Waals surface area (Å²) in [6.07, 6.45) is 1.02. The van der Waals surface area contributed by atoms with Crippen molar-refractivity contribution in [2.24, 2.45) is 0 Å². The van der Waals surface area contributed by atoms with E-state index in [1.807, 2.05) is 24.1 Å². The second kappa shape index (κ2) is 7.23. The summed E-state index contributed by atoms with van der Waals surface area (Å²) in [5.74, 6) is -0.212. The quantitative estimate of drug-likeness (QED) is 0.831. The molecule has 0 aliphatic carbocycles. The molecule has 0 spiro atoms. The van der Waals surface area contributed by atoms with E-state index in [1.165, 1.54) is 11.6 Å². The molecule has 1 atom stereocenters. The molecule has 1 N–H and O–H groups in total. The first-order valence-corrected chi connectivity index (χ1v) is 7.49. The third kappa shape index (κ3) is 3.61. The van der Waals surface area contributed by atoms with Gasteiger partial charge in [0, 0.05) is 24.5 Å². The Hall–Kier alpha value is -1.87. The fraction of sp³-hybridized carbons (Fsp3) is 0.333. The molecule has 2 rings (SSSR count). The van der Waals surface area contributed by atoms with Gasteiger partial charge in [0.2, 0.25) is 0 Å². The molecular weight excluding hydrogens is 263 g/mol. The van der Waals surface area contributed by atoms with E-state index >= 15 is 0 Å². The molecule has 0 saturated heterocycles. The summed E-state index contributed by atoms with van der Waals surface area (Å²) in [5, 5.41) is 3.51. The highest BCUT2D eigenvalue weighted by atomic mass is 19.1. The van der Waals surface area contributed by atoms with Crippen molar-refractivity contribution in [2.45, 2.75) is 26.3 Å². The Kier molecular flexibility index (Phi) is 5.34. The number of halogens is 1. The van der Waals surface area contributed by atoms with Gasteiger partial charge in [0.25, 0.3) is 0 Å². The van der Waals surface area contributed by atoms with Gasteiger partial charge in [-0.2, -0.15) is 0 Å². The highest BCUT2D eigenvalue weighted by Crippen LogP contribution is 2.32. The molecule has 112 valence electrons. The average Bonchev–Trinajstić information content (AvgIpc) is 2.52. The van der Waals surface area contributed by atoms with Crippen molar-refractivity contribution < 1.29 is 4.39 Å². The van der Waals surface area contributed by atoms with E-state index in [9.17, 15) is 4.39 Å². The normalized spacial score (nSPS) is 12.2. The molecule has 0 heterocycles. The van der Waals surface area contributed by atoms with E-state index in [4.69, 9.17) is 0 Å². The van der Waals surface area contributed by atoms with E-state index in [-0.39, 0.29) is 5.82 Å². The average molecular weight is 286 g/mol. The number of nitrogens with zero attached hydrogens (tertiary/aromatic N) is 1. The van der Waals surface area contributed by atoms with Crippen LogP contribution in [-0.4, -0.2) is 13.6 Å². The molecule has 0 aliphatic rings. The van der Waals surface area contributed by atoms with E-state index in [0.717, 1.165) is 24.3 Å². The van der Waals surface area contributed by atoms with Gasteiger partial charge in [-0.3, -0.25) is 0 Å². The maximum Gasteiger partial charge on any atom is 0.125 e. The molecule has 2 aromatic carbocycles. The van der Waals surface area contributed by atoms with Gasteiger partial charge in [-0.05, 0) is 42.8 Å². The van der Waals surface area contributed by atoms with Crippen LogP contribution < -0.4 is 10.2 Å². The first-order chi connectivity index (χ1) is 10.2. The topological polar surface area (TPSA) is 15.3 Å². The van der Waals surface area contributed by atoms with Crippen molar-refractivity contribution in [1.82, 2.24) is 5.32 Å². The van der Waals surface area contributed by atoms with E-state index in [0.29, 0.717) is 6.04 Å². The van der Waals surface area contributed by atoms with Gasteiger partial charge in [0.05, 0.1) is 0 Å². The van der Waals surface area contributed by atoms with Crippen molar-refractivity contribution in [3.05, 3.63) is 59.9 Å². The number of para-hydroxylation sites is 1. The second-order valence-corrected chi connectivity index (χ2v) is 5.12. The van der Waals surface area contributed by atoms with E-state index < -0.39 is 0 Å². The van der Waals surface area contributed by atoms with E-state index in [2.05, 4.69) is 37.4 Å². The summed E-state index contributed by atoms with van der Waals surface area (Å²) in [7, 11) is 1.98. The molecule has 0 amide bonds. The first kappa shape index (κ1) is 15.5. The zero-order valence-electron chi connectivity index (χ0n) is 12.9. The summed E-state index contributed by atoms with van der Waals surface area (Å²) < 4.78 is 13.5. The van der Waals surface area contributed by atoms with E-state index in [1.54, 1.807) is 12.1 Å². The van der Waals surface area contributed by atoms with Gasteiger partial charge >= 0.3 is 0 Å². The van der Waals surface area contributed by atoms with Crippen LogP contribution in [0.3, 0.4) is 0 Å². The molecule has 0 saturated carbocycles. The Morgan fingerprint density at radius 1 is 1.10 bits per heavy atom. The van der Waals surface area contributed by atoms with Gasteiger partial charge in [0.1, 0.15) is 5.82 Å². The molecule has 2 aromatic rings. The van der Waals surface area contributed by atoms with Crippen molar-refractivity contribution in [2.75, 3.05) is 18.5 Å². The lowest BCUT2D eigenvalue weighted by Gasteiger charge is -2.26. The van der Waals surface area contributed by atoms with Crippen LogP contribution in [0.15, 0.2) is 48.5 Å². The summed E-state index contributed by atoms with van der Waals surface area (Å²) in [6.45, 7) is 5.21.